The minimum Gasteiger partial charge on any atom is -0.388 e. The van der Waals surface area contributed by atoms with Crippen molar-refractivity contribution in [2.75, 3.05) is 6.54 Å². The smallest absolute Gasteiger partial charge is 0.271 e. The van der Waals surface area contributed by atoms with Crippen LogP contribution < -0.4 is 5.32 Å². The van der Waals surface area contributed by atoms with Gasteiger partial charge < -0.3 is 10.4 Å². The van der Waals surface area contributed by atoms with Crippen LogP contribution in [0, 0.1) is 0 Å². The fourth-order valence-electron chi connectivity index (χ4n) is 2.66. The van der Waals surface area contributed by atoms with Gasteiger partial charge in [0.25, 0.3) is 5.91 Å². The molecule has 5 nitrogen and oxygen atoms in total. The quantitative estimate of drug-likeness (QED) is 0.909. The van der Waals surface area contributed by atoms with Gasteiger partial charge in [0, 0.05) is 19.4 Å². The lowest BCUT2D eigenvalue weighted by Gasteiger charge is -2.35. The minimum atomic E-state index is -2.72. The molecule has 0 bridgehead atoms. The van der Waals surface area contributed by atoms with Gasteiger partial charge in [-0.3, -0.25) is 9.78 Å². The number of nitrogens with zero attached hydrogens (tertiary/aromatic N) is 2. The zero-order chi connectivity index (χ0) is 16.5. The van der Waals surface area contributed by atoms with Gasteiger partial charge in [0.1, 0.15) is 5.69 Å². The highest BCUT2D eigenvalue weighted by molar-refractivity contribution is 5.93. The molecule has 23 heavy (non-hydrogen) atoms. The van der Waals surface area contributed by atoms with E-state index in [0.717, 1.165) is 0 Å². The summed E-state index contributed by atoms with van der Waals surface area (Å²) >= 11 is 0. The molecule has 0 unspecified atom stereocenters. The Bertz CT molecular complexity index is 726. The molecule has 1 heterocycles. The molecule has 1 aromatic heterocycles. The van der Waals surface area contributed by atoms with E-state index in [4.69, 9.17) is 0 Å². The fraction of sp³-hybridized carbons (Fsp3) is 0.438. The van der Waals surface area contributed by atoms with Crippen LogP contribution in [0.1, 0.15) is 36.2 Å². The number of para-hydroxylation sites is 2. The number of aliphatic hydroxyl groups is 1. The van der Waals surface area contributed by atoms with E-state index >= 15 is 0 Å². The number of halogens is 2. The Labute approximate surface area is 131 Å². The summed E-state index contributed by atoms with van der Waals surface area (Å²) in [6, 6.07) is 7.15. The van der Waals surface area contributed by atoms with Crippen molar-refractivity contribution in [3.8, 4) is 0 Å². The van der Waals surface area contributed by atoms with Crippen molar-refractivity contribution in [1.29, 1.82) is 0 Å². The predicted molar refractivity (Wildman–Crippen MR) is 80.2 cm³/mol. The van der Waals surface area contributed by atoms with E-state index < -0.39 is 17.4 Å². The topological polar surface area (TPSA) is 75.1 Å². The molecular formula is C16H17F2N3O2. The number of aromatic nitrogens is 2. The summed E-state index contributed by atoms with van der Waals surface area (Å²) in [5, 5.41) is 12.9. The highest BCUT2D eigenvalue weighted by atomic mass is 19.3. The minimum absolute atomic E-state index is 0.0380. The van der Waals surface area contributed by atoms with Gasteiger partial charge >= 0.3 is 0 Å². The first-order chi connectivity index (χ1) is 10.9. The van der Waals surface area contributed by atoms with Gasteiger partial charge in [-0.15, -0.1) is 0 Å². The van der Waals surface area contributed by atoms with Crippen LogP contribution in [0.15, 0.2) is 30.5 Å². The second-order valence-corrected chi connectivity index (χ2v) is 6.01. The number of rotatable bonds is 3. The van der Waals surface area contributed by atoms with E-state index in [2.05, 4.69) is 15.3 Å². The van der Waals surface area contributed by atoms with Gasteiger partial charge in [-0.25, -0.2) is 13.8 Å². The molecular weight excluding hydrogens is 304 g/mol. The fourth-order valence-corrected chi connectivity index (χ4v) is 2.66. The van der Waals surface area contributed by atoms with Crippen LogP contribution in [0.4, 0.5) is 8.78 Å². The SMILES string of the molecule is O=C(NCC1(O)CCC(F)(F)CC1)c1cnc2ccccc2n1. The summed E-state index contributed by atoms with van der Waals surface area (Å²) in [5.41, 5.74) is 0.114. The third kappa shape index (κ3) is 3.61. The van der Waals surface area contributed by atoms with Gasteiger partial charge in [-0.2, -0.15) is 0 Å². The number of hydrogen-bond acceptors (Lipinski definition) is 4. The number of carbonyl (C=O) groups excluding carboxylic acids is 1. The van der Waals surface area contributed by atoms with Gasteiger partial charge in [-0.05, 0) is 25.0 Å². The van der Waals surface area contributed by atoms with E-state index in [-0.39, 0.29) is 37.9 Å². The van der Waals surface area contributed by atoms with Crippen molar-refractivity contribution in [1.82, 2.24) is 15.3 Å². The Kier molecular flexibility index (Phi) is 3.97. The van der Waals surface area contributed by atoms with Crippen LogP contribution in [-0.2, 0) is 0 Å². The van der Waals surface area contributed by atoms with E-state index in [1.165, 1.54) is 6.20 Å². The van der Waals surface area contributed by atoms with Crippen molar-refractivity contribution < 1.29 is 18.7 Å². The molecule has 0 aliphatic heterocycles. The molecule has 1 saturated carbocycles. The van der Waals surface area contributed by atoms with Crippen molar-refractivity contribution in [3.05, 3.63) is 36.2 Å². The maximum absolute atomic E-state index is 13.1. The van der Waals surface area contributed by atoms with E-state index in [1.807, 2.05) is 6.07 Å². The highest BCUT2D eigenvalue weighted by Crippen LogP contribution is 2.38. The predicted octanol–water partition coefficient (Wildman–Crippen LogP) is 2.30. The number of alkyl halides is 2. The second-order valence-electron chi connectivity index (χ2n) is 6.01. The molecule has 0 atom stereocenters. The molecule has 122 valence electrons. The lowest BCUT2D eigenvalue weighted by Crippen LogP contribution is -2.47. The van der Waals surface area contributed by atoms with E-state index in [0.29, 0.717) is 11.0 Å². The van der Waals surface area contributed by atoms with Gasteiger partial charge in [0.2, 0.25) is 5.92 Å². The Hall–Kier alpha value is -2.15. The zero-order valence-corrected chi connectivity index (χ0v) is 12.4. The van der Waals surface area contributed by atoms with Crippen LogP contribution in [0.3, 0.4) is 0 Å². The maximum atomic E-state index is 13.1. The molecule has 1 aromatic carbocycles. The highest BCUT2D eigenvalue weighted by Gasteiger charge is 2.42. The van der Waals surface area contributed by atoms with Crippen molar-refractivity contribution in [2.24, 2.45) is 0 Å². The molecule has 1 aliphatic carbocycles. The third-order valence-electron chi connectivity index (χ3n) is 4.17. The number of nitrogens with one attached hydrogen (secondary N) is 1. The Morgan fingerprint density at radius 1 is 1.17 bits per heavy atom. The molecule has 2 N–H and O–H groups in total. The maximum Gasteiger partial charge on any atom is 0.271 e. The summed E-state index contributed by atoms with van der Waals surface area (Å²) in [7, 11) is 0. The summed E-state index contributed by atoms with van der Waals surface area (Å²) in [5.74, 6) is -3.20. The van der Waals surface area contributed by atoms with Gasteiger partial charge in [0.05, 0.1) is 22.8 Å². The average Bonchev–Trinajstić information content (AvgIpc) is 2.55. The molecule has 2 aromatic rings. The molecule has 1 fully saturated rings. The van der Waals surface area contributed by atoms with Crippen LogP contribution in [0.2, 0.25) is 0 Å². The Morgan fingerprint density at radius 3 is 2.52 bits per heavy atom. The summed E-state index contributed by atoms with van der Waals surface area (Å²) in [6.07, 6.45) is 0.550. The summed E-state index contributed by atoms with van der Waals surface area (Å²) in [4.78, 5) is 20.5. The third-order valence-corrected chi connectivity index (χ3v) is 4.17. The average molecular weight is 321 g/mol. The van der Waals surface area contributed by atoms with Crippen LogP contribution in [-0.4, -0.2) is 39.1 Å². The molecule has 1 aliphatic rings. The number of hydrogen-bond donors (Lipinski definition) is 2. The number of carbonyl (C=O) groups is 1. The largest absolute Gasteiger partial charge is 0.388 e. The summed E-state index contributed by atoms with van der Waals surface area (Å²) in [6.45, 7) is -0.0730. The van der Waals surface area contributed by atoms with Crippen molar-refractivity contribution >= 4 is 16.9 Å². The standard InChI is InChI=1S/C16H17F2N3O2/c17-16(18)7-5-15(23,6-8-16)10-20-14(22)13-9-19-11-3-1-2-4-12(11)21-13/h1-4,9,23H,5-8,10H2,(H,20,22). The molecule has 0 radical (unpaired) electrons. The van der Waals surface area contributed by atoms with E-state index in [9.17, 15) is 18.7 Å². The second kappa shape index (κ2) is 5.81. The number of benzene rings is 1. The number of fused-ring (bicyclic) bond motifs is 1. The summed E-state index contributed by atoms with van der Waals surface area (Å²) < 4.78 is 26.3. The van der Waals surface area contributed by atoms with Gasteiger partial charge in [-0.1, -0.05) is 12.1 Å². The van der Waals surface area contributed by atoms with E-state index in [1.54, 1.807) is 18.2 Å². The van der Waals surface area contributed by atoms with Crippen LogP contribution >= 0.6 is 0 Å². The molecule has 1 amide bonds. The Morgan fingerprint density at radius 2 is 1.83 bits per heavy atom. The van der Waals surface area contributed by atoms with Gasteiger partial charge in [0.15, 0.2) is 0 Å². The first-order valence-corrected chi connectivity index (χ1v) is 7.47. The molecule has 3 rings (SSSR count). The normalized spacial score (nSPS) is 19.4. The molecule has 0 saturated heterocycles. The number of amides is 1. The van der Waals surface area contributed by atoms with Crippen LogP contribution in [0.25, 0.3) is 11.0 Å². The molecule has 0 spiro atoms. The monoisotopic (exact) mass is 321 g/mol. The van der Waals surface area contributed by atoms with Crippen LogP contribution in [0.5, 0.6) is 0 Å². The van der Waals surface area contributed by atoms with Crippen molar-refractivity contribution in [2.45, 2.75) is 37.2 Å². The first-order valence-electron chi connectivity index (χ1n) is 7.47. The van der Waals surface area contributed by atoms with Crippen molar-refractivity contribution in [3.63, 3.8) is 0 Å². The first kappa shape index (κ1) is 15.7. The zero-order valence-electron chi connectivity index (χ0n) is 12.4. The Balaban J connectivity index is 1.64. The molecule has 7 heteroatoms. The lowest BCUT2D eigenvalue weighted by atomic mass is 9.83. The lowest BCUT2D eigenvalue weighted by molar-refractivity contribution is -0.101.